The Morgan fingerprint density at radius 2 is 1.48 bits per heavy atom. The first kappa shape index (κ1) is 19.4. The van der Waals surface area contributed by atoms with Gasteiger partial charge in [-0.2, -0.15) is 0 Å². The van der Waals surface area contributed by atoms with Crippen LogP contribution in [0.1, 0.15) is 31.2 Å². The Hall–Kier alpha value is -2.89. The number of hydrogen-bond acceptors (Lipinski definition) is 3. The van der Waals surface area contributed by atoms with Crippen LogP contribution in [-0.2, 0) is 16.1 Å². The molecule has 0 atom stereocenters. The van der Waals surface area contributed by atoms with Crippen molar-refractivity contribution in [2.45, 2.75) is 32.2 Å². The third-order valence-electron chi connectivity index (χ3n) is 5.54. The molecule has 0 aromatic heterocycles. The summed E-state index contributed by atoms with van der Waals surface area (Å²) in [5.41, 5.74) is 0.978. The number of benzene rings is 2. The average Bonchev–Trinajstić information content (AvgIpc) is 3.60. The Morgan fingerprint density at radius 1 is 0.897 bits per heavy atom. The molecule has 29 heavy (non-hydrogen) atoms. The predicted molar refractivity (Wildman–Crippen MR) is 107 cm³/mol. The number of halogens is 1. The molecule has 1 aliphatic carbocycles. The lowest BCUT2D eigenvalue weighted by atomic mass is 9.95. The zero-order valence-corrected chi connectivity index (χ0v) is 16.3. The molecule has 152 valence electrons. The molecule has 1 saturated heterocycles. The Balaban J connectivity index is 1.22. The summed E-state index contributed by atoms with van der Waals surface area (Å²) in [4.78, 5) is 26.5. The smallest absolute Gasteiger partial charge is 0.225 e. The quantitative estimate of drug-likeness (QED) is 0.806. The van der Waals surface area contributed by atoms with Crippen LogP contribution in [0.15, 0.2) is 48.5 Å². The van der Waals surface area contributed by atoms with E-state index >= 15 is 0 Å². The molecule has 2 aromatic carbocycles. The summed E-state index contributed by atoms with van der Waals surface area (Å²) in [6.45, 7) is 1.82. The van der Waals surface area contributed by atoms with Gasteiger partial charge in [0.15, 0.2) is 0 Å². The largest absolute Gasteiger partial charge is 0.457 e. The van der Waals surface area contributed by atoms with Gasteiger partial charge in [0.05, 0.1) is 0 Å². The van der Waals surface area contributed by atoms with Crippen molar-refractivity contribution >= 4 is 11.8 Å². The summed E-state index contributed by atoms with van der Waals surface area (Å²) in [7, 11) is 0. The highest BCUT2D eigenvalue weighted by Crippen LogP contribution is 2.32. The molecule has 0 radical (unpaired) electrons. The van der Waals surface area contributed by atoms with E-state index in [2.05, 4.69) is 5.32 Å². The lowest BCUT2D eigenvalue weighted by molar-refractivity contribution is -0.136. The molecule has 0 bridgehead atoms. The summed E-state index contributed by atoms with van der Waals surface area (Å²) in [6.07, 6.45) is 3.50. The zero-order chi connectivity index (χ0) is 20.2. The van der Waals surface area contributed by atoms with Crippen LogP contribution in [-0.4, -0.2) is 29.8 Å². The van der Waals surface area contributed by atoms with E-state index in [0.29, 0.717) is 31.1 Å². The minimum Gasteiger partial charge on any atom is -0.457 e. The second-order valence-corrected chi connectivity index (χ2v) is 7.79. The Morgan fingerprint density at radius 3 is 2.07 bits per heavy atom. The summed E-state index contributed by atoms with van der Waals surface area (Å²) < 4.78 is 18.6. The van der Waals surface area contributed by atoms with Gasteiger partial charge in [0, 0.05) is 31.5 Å². The number of carbonyl (C=O) groups excluding carboxylic acids is 2. The molecule has 6 heteroatoms. The third-order valence-corrected chi connectivity index (χ3v) is 5.54. The van der Waals surface area contributed by atoms with Gasteiger partial charge < -0.3 is 15.0 Å². The van der Waals surface area contributed by atoms with Crippen LogP contribution >= 0.6 is 0 Å². The number of hydrogen-bond donors (Lipinski definition) is 1. The lowest BCUT2D eigenvalue weighted by Crippen LogP contribution is -2.43. The van der Waals surface area contributed by atoms with Crippen LogP contribution in [0.4, 0.5) is 4.39 Å². The van der Waals surface area contributed by atoms with Gasteiger partial charge in [-0.05, 0) is 67.6 Å². The molecule has 1 aliphatic heterocycles. The fraction of sp³-hybridized carbons (Fsp3) is 0.391. The van der Waals surface area contributed by atoms with Crippen LogP contribution in [0, 0.1) is 17.7 Å². The molecular formula is C23H25FN2O3. The van der Waals surface area contributed by atoms with Gasteiger partial charge in [-0.15, -0.1) is 0 Å². The second-order valence-electron chi connectivity index (χ2n) is 7.79. The number of nitrogens with one attached hydrogen (secondary N) is 1. The van der Waals surface area contributed by atoms with Gasteiger partial charge in [-0.25, -0.2) is 4.39 Å². The highest BCUT2D eigenvalue weighted by molar-refractivity contribution is 5.82. The summed E-state index contributed by atoms with van der Waals surface area (Å²) in [6, 6.07) is 13.3. The molecule has 2 aromatic rings. The van der Waals surface area contributed by atoms with Gasteiger partial charge >= 0.3 is 0 Å². The molecular weight excluding hydrogens is 371 g/mol. The highest BCUT2D eigenvalue weighted by atomic mass is 19.1. The monoisotopic (exact) mass is 396 g/mol. The van der Waals surface area contributed by atoms with Crippen molar-refractivity contribution in [3.63, 3.8) is 0 Å². The fourth-order valence-corrected chi connectivity index (χ4v) is 3.60. The predicted octanol–water partition coefficient (Wildman–Crippen LogP) is 3.88. The minimum absolute atomic E-state index is 0.0284. The molecule has 0 spiro atoms. The number of carbonyl (C=O) groups is 2. The zero-order valence-electron chi connectivity index (χ0n) is 16.3. The lowest BCUT2D eigenvalue weighted by Gasteiger charge is -2.31. The molecule has 4 rings (SSSR count). The fourth-order valence-electron chi connectivity index (χ4n) is 3.60. The second kappa shape index (κ2) is 8.64. The maximum atomic E-state index is 12.9. The van der Waals surface area contributed by atoms with Crippen molar-refractivity contribution < 1.29 is 18.7 Å². The maximum absolute atomic E-state index is 12.9. The Labute approximate surface area is 169 Å². The van der Waals surface area contributed by atoms with Gasteiger partial charge in [0.2, 0.25) is 11.8 Å². The summed E-state index contributed by atoms with van der Waals surface area (Å²) in [5, 5.41) is 3.00. The molecule has 2 amide bonds. The maximum Gasteiger partial charge on any atom is 0.225 e. The van der Waals surface area contributed by atoms with Crippen LogP contribution in [0.3, 0.4) is 0 Å². The van der Waals surface area contributed by atoms with Crippen molar-refractivity contribution in [1.29, 1.82) is 0 Å². The normalized spacial score (nSPS) is 17.1. The van der Waals surface area contributed by atoms with Crippen molar-refractivity contribution in [1.82, 2.24) is 10.2 Å². The van der Waals surface area contributed by atoms with Gasteiger partial charge in [-0.1, -0.05) is 12.1 Å². The molecule has 1 heterocycles. The molecule has 2 aliphatic rings. The summed E-state index contributed by atoms with van der Waals surface area (Å²) in [5.74, 6) is 1.46. The highest BCUT2D eigenvalue weighted by Gasteiger charge is 2.35. The van der Waals surface area contributed by atoms with E-state index in [1.165, 1.54) is 12.1 Å². The van der Waals surface area contributed by atoms with Crippen molar-refractivity contribution in [3.8, 4) is 11.5 Å². The van der Waals surface area contributed by atoms with Crippen LogP contribution in [0.5, 0.6) is 11.5 Å². The van der Waals surface area contributed by atoms with Crippen molar-refractivity contribution in [3.05, 3.63) is 59.9 Å². The van der Waals surface area contributed by atoms with Crippen LogP contribution in [0.25, 0.3) is 0 Å². The van der Waals surface area contributed by atoms with E-state index in [4.69, 9.17) is 4.74 Å². The van der Waals surface area contributed by atoms with E-state index in [9.17, 15) is 14.0 Å². The van der Waals surface area contributed by atoms with E-state index in [1.807, 2.05) is 29.2 Å². The molecule has 1 N–H and O–H groups in total. The van der Waals surface area contributed by atoms with Crippen molar-refractivity contribution in [2.75, 3.05) is 13.1 Å². The molecule has 1 saturated carbocycles. The molecule has 5 nitrogen and oxygen atoms in total. The number of piperidine rings is 1. The van der Waals surface area contributed by atoms with Gasteiger partial charge in [0.25, 0.3) is 0 Å². The third kappa shape index (κ3) is 5.13. The molecule has 0 unspecified atom stereocenters. The van der Waals surface area contributed by atoms with E-state index < -0.39 is 0 Å². The Bertz CT molecular complexity index is 855. The van der Waals surface area contributed by atoms with Crippen LogP contribution in [0.2, 0.25) is 0 Å². The first-order valence-electron chi connectivity index (χ1n) is 10.2. The van der Waals surface area contributed by atoms with Crippen LogP contribution < -0.4 is 10.1 Å². The van der Waals surface area contributed by atoms with E-state index in [-0.39, 0.29) is 29.5 Å². The standard InChI is InChI=1S/C23H25FN2O3/c24-19-5-9-21(10-6-19)29-20-7-1-16(2-8-20)15-25-22(27)17-11-13-26(14-12-17)23(28)18-3-4-18/h1-2,5-10,17-18H,3-4,11-15H2,(H,25,27). The van der Waals surface area contributed by atoms with E-state index in [0.717, 1.165) is 31.2 Å². The minimum atomic E-state index is -0.302. The SMILES string of the molecule is O=C(NCc1ccc(Oc2ccc(F)cc2)cc1)C1CCN(C(=O)C2CC2)CC1. The van der Waals surface area contributed by atoms with Gasteiger partial charge in [-0.3, -0.25) is 9.59 Å². The Kier molecular flexibility index (Phi) is 5.79. The first-order valence-corrected chi connectivity index (χ1v) is 10.2. The summed E-state index contributed by atoms with van der Waals surface area (Å²) >= 11 is 0. The number of likely N-dealkylation sites (tertiary alicyclic amines) is 1. The average molecular weight is 396 g/mol. The number of nitrogens with zero attached hydrogens (tertiary/aromatic N) is 1. The first-order chi connectivity index (χ1) is 14.1. The van der Waals surface area contributed by atoms with E-state index in [1.54, 1.807) is 12.1 Å². The number of amides is 2. The van der Waals surface area contributed by atoms with Gasteiger partial charge in [0.1, 0.15) is 17.3 Å². The topological polar surface area (TPSA) is 58.6 Å². The van der Waals surface area contributed by atoms with Crippen molar-refractivity contribution in [2.24, 2.45) is 11.8 Å². The molecule has 2 fully saturated rings. The number of rotatable bonds is 6. The number of ether oxygens (including phenoxy) is 1.